The van der Waals surface area contributed by atoms with Gasteiger partial charge in [-0.2, -0.15) is 10.2 Å². The van der Waals surface area contributed by atoms with E-state index in [-0.39, 0.29) is 18.4 Å². The smallest absolute Gasteiger partial charge is 0.237 e. The molecule has 0 aliphatic rings. The molecular formula is C10H14N4O2. The predicted octanol–water partition coefficient (Wildman–Crippen LogP) is 0.790. The van der Waals surface area contributed by atoms with Crippen LogP contribution in [0.5, 0.6) is 0 Å². The fourth-order valence-corrected chi connectivity index (χ4v) is 1.20. The van der Waals surface area contributed by atoms with Gasteiger partial charge >= 0.3 is 0 Å². The fraction of sp³-hybridized carbons (Fsp3) is 0.600. The van der Waals surface area contributed by atoms with E-state index in [1.807, 2.05) is 19.9 Å². The van der Waals surface area contributed by atoms with Crippen molar-refractivity contribution in [3.05, 3.63) is 11.7 Å². The maximum absolute atomic E-state index is 11.6. The van der Waals surface area contributed by atoms with Gasteiger partial charge in [0.1, 0.15) is 5.92 Å². The van der Waals surface area contributed by atoms with E-state index in [0.29, 0.717) is 11.7 Å². The first-order valence-corrected chi connectivity index (χ1v) is 5.01. The van der Waals surface area contributed by atoms with Crippen LogP contribution in [0.15, 0.2) is 4.52 Å². The van der Waals surface area contributed by atoms with Crippen LogP contribution in [0.3, 0.4) is 0 Å². The second kappa shape index (κ2) is 5.26. The van der Waals surface area contributed by atoms with Crippen LogP contribution in [-0.2, 0) is 11.3 Å². The number of aryl methyl sites for hydroxylation is 1. The Morgan fingerprint density at radius 2 is 2.31 bits per heavy atom. The molecule has 0 saturated carbocycles. The Balaban J connectivity index is 2.50. The van der Waals surface area contributed by atoms with Crippen LogP contribution in [0.1, 0.15) is 25.6 Å². The molecule has 0 aromatic carbocycles. The summed E-state index contributed by atoms with van der Waals surface area (Å²) in [5, 5.41) is 15.0. The van der Waals surface area contributed by atoms with Crippen LogP contribution < -0.4 is 5.32 Å². The van der Waals surface area contributed by atoms with Crippen molar-refractivity contribution in [3.63, 3.8) is 0 Å². The SMILES string of the molecule is Cc1nc(CNC(=O)C(C#N)C(C)C)no1. The Hall–Kier alpha value is -1.90. The third-order valence-electron chi connectivity index (χ3n) is 2.08. The molecule has 1 N–H and O–H groups in total. The molecule has 0 bridgehead atoms. The number of hydrogen-bond acceptors (Lipinski definition) is 5. The standard InChI is InChI=1S/C10H14N4O2/c1-6(2)8(4-11)10(15)12-5-9-13-7(3)16-14-9/h6,8H,5H2,1-3H3,(H,12,15). The van der Waals surface area contributed by atoms with Crippen molar-refractivity contribution in [3.8, 4) is 6.07 Å². The third-order valence-corrected chi connectivity index (χ3v) is 2.08. The number of carbonyl (C=O) groups excluding carboxylic acids is 1. The minimum absolute atomic E-state index is 0.0167. The van der Waals surface area contributed by atoms with Gasteiger partial charge in [0.2, 0.25) is 11.8 Å². The van der Waals surface area contributed by atoms with Gasteiger partial charge in [-0.1, -0.05) is 19.0 Å². The molecule has 16 heavy (non-hydrogen) atoms. The first-order valence-electron chi connectivity index (χ1n) is 5.01. The molecular weight excluding hydrogens is 208 g/mol. The largest absolute Gasteiger partial charge is 0.348 e. The molecule has 0 saturated heterocycles. The van der Waals surface area contributed by atoms with Crippen molar-refractivity contribution < 1.29 is 9.32 Å². The number of carbonyl (C=O) groups is 1. The van der Waals surface area contributed by atoms with Gasteiger partial charge < -0.3 is 9.84 Å². The fourth-order valence-electron chi connectivity index (χ4n) is 1.20. The number of aromatic nitrogens is 2. The van der Waals surface area contributed by atoms with E-state index < -0.39 is 5.92 Å². The highest BCUT2D eigenvalue weighted by molar-refractivity contribution is 5.81. The molecule has 0 aliphatic carbocycles. The molecule has 0 radical (unpaired) electrons. The Morgan fingerprint density at radius 1 is 1.62 bits per heavy atom. The Kier molecular flexibility index (Phi) is 4.00. The van der Waals surface area contributed by atoms with E-state index in [4.69, 9.17) is 9.78 Å². The first-order chi connectivity index (χ1) is 7.54. The molecule has 1 amide bonds. The van der Waals surface area contributed by atoms with Gasteiger partial charge in [0, 0.05) is 6.92 Å². The molecule has 0 aliphatic heterocycles. The molecule has 1 aromatic heterocycles. The van der Waals surface area contributed by atoms with Crippen molar-refractivity contribution in [1.29, 1.82) is 5.26 Å². The van der Waals surface area contributed by atoms with Gasteiger partial charge in [-0.05, 0) is 5.92 Å². The minimum atomic E-state index is -0.645. The van der Waals surface area contributed by atoms with Gasteiger partial charge in [0.25, 0.3) is 0 Å². The van der Waals surface area contributed by atoms with Crippen molar-refractivity contribution in [2.24, 2.45) is 11.8 Å². The Bertz CT molecular complexity index is 405. The third kappa shape index (κ3) is 3.05. The quantitative estimate of drug-likeness (QED) is 0.813. The molecule has 1 heterocycles. The maximum Gasteiger partial charge on any atom is 0.237 e. The number of nitriles is 1. The van der Waals surface area contributed by atoms with E-state index in [2.05, 4.69) is 15.5 Å². The molecule has 1 aromatic rings. The summed E-state index contributed by atoms with van der Waals surface area (Å²) in [5.74, 6) is -0.110. The molecule has 6 heteroatoms. The highest BCUT2D eigenvalue weighted by Gasteiger charge is 2.21. The number of hydrogen-bond donors (Lipinski definition) is 1. The maximum atomic E-state index is 11.6. The van der Waals surface area contributed by atoms with Crippen molar-refractivity contribution in [1.82, 2.24) is 15.5 Å². The Labute approximate surface area is 93.6 Å². The first kappa shape index (κ1) is 12.2. The lowest BCUT2D eigenvalue weighted by atomic mass is 9.97. The molecule has 6 nitrogen and oxygen atoms in total. The summed E-state index contributed by atoms with van der Waals surface area (Å²) in [6, 6.07) is 1.97. The highest BCUT2D eigenvalue weighted by atomic mass is 16.5. The highest BCUT2D eigenvalue weighted by Crippen LogP contribution is 2.09. The van der Waals surface area contributed by atoms with Crippen LogP contribution >= 0.6 is 0 Å². The van der Waals surface area contributed by atoms with Gasteiger partial charge in [0.05, 0.1) is 12.6 Å². The number of amides is 1. The number of nitrogens with one attached hydrogen (secondary N) is 1. The second-order valence-corrected chi connectivity index (χ2v) is 3.80. The van der Waals surface area contributed by atoms with Gasteiger partial charge in [-0.3, -0.25) is 4.79 Å². The second-order valence-electron chi connectivity index (χ2n) is 3.80. The van der Waals surface area contributed by atoms with E-state index in [9.17, 15) is 4.79 Å². The van der Waals surface area contributed by atoms with E-state index >= 15 is 0 Å². The monoisotopic (exact) mass is 222 g/mol. The van der Waals surface area contributed by atoms with Crippen LogP contribution in [0.2, 0.25) is 0 Å². The van der Waals surface area contributed by atoms with Gasteiger partial charge in [-0.15, -0.1) is 0 Å². The number of nitrogens with zero attached hydrogens (tertiary/aromatic N) is 3. The average Bonchev–Trinajstić information content (AvgIpc) is 2.62. The predicted molar refractivity (Wildman–Crippen MR) is 54.8 cm³/mol. The van der Waals surface area contributed by atoms with Crippen LogP contribution in [0.25, 0.3) is 0 Å². The zero-order chi connectivity index (χ0) is 12.1. The molecule has 1 atom stereocenters. The lowest BCUT2D eigenvalue weighted by Gasteiger charge is -2.11. The molecule has 0 fully saturated rings. The molecule has 0 spiro atoms. The lowest BCUT2D eigenvalue weighted by Crippen LogP contribution is -2.32. The van der Waals surface area contributed by atoms with E-state index in [1.165, 1.54) is 0 Å². The van der Waals surface area contributed by atoms with E-state index in [1.54, 1.807) is 6.92 Å². The normalized spacial score (nSPS) is 12.2. The van der Waals surface area contributed by atoms with Crippen LogP contribution in [0.4, 0.5) is 0 Å². The van der Waals surface area contributed by atoms with Crippen LogP contribution in [-0.4, -0.2) is 16.0 Å². The summed E-state index contributed by atoms with van der Waals surface area (Å²) in [6.45, 7) is 5.50. The minimum Gasteiger partial charge on any atom is -0.348 e. The number of rotatable bonds is 4. The molecule has 1 rings (SSSR count). The molecule has 1 unspecified atom stereocenters. The van der Waals surface area contributed by atoms with Crippen molar-refractivity contribution in [2.75, 3.05) is 0 Å². The zero-order valence-electron chi connectivity index (χ0n) is 9.52. The topological polar surface area (TPSA) is 91.8 Å². The average molecular weight is 222 g/mol. The summed E-state index contributed by atoms with van der Waals surface area (Å²) >= 11 is 0. The van der Waals surface area contributed by atoms with Crippen molar-refractivity contribution >= 4 is 5.91 Å². The molecule has 86 valence electrons. The lowest BCUT2D eigenvalue weighted by molar-refractivity contribution is -0.124. The summed E-state index contributed by atoms with van der Waals surface area (Å²) in [7, 11) is 0. The zero-order valence-corrected chi connectivity index (χ0v) is 9.52. The summed E-state index contributed by atoms with van der Waals surface area (Å²) < 4.78 is 4.75. The van der Waals surface area contributed by atoms with Crippen LogP contribution in [0, 0.1) is 30.1 Å². The summed E-state index contributed by atoms with van der Waals surface area (Å²) in [5.41, 5.74) is 0. The Morgan fingerprint density at radius 3 is 2.75 bits per heavy atom. The van der Waals surface area contributed by atoms with Crippen molar-refractivity contribution in [2.45, 2.75) is 27.3 Å². The van der Waals surface area contributed by atoms with Gasteiger partial charge in [0.15, 0.2) is 5.82 Å². The summed E-state index contributed by atoms with van der Waals surface area (Å²) in [6.07, 6.45) is 0. The summed E-state index contributed by atoms with van der Waals surface area (Å²) in [4.78, 5) is 15.5. The van der Waals surface area contributed by atoms with Gasteiger partial charge in [-0.25, -0.2) is 0 Å². The van der Waals surface area contributed by atoms with E-state index in [0.717, 1.165) is 0 Å².